The minimum Gasteiger partial charge on any atom is -0.469 e. The van der Waals surface area contributed by atoms with E-state index in [0.29, 0.717) is 10.7 Å². The second-order valence-electron chi connectivity index (χ2n) is 5.72. The van der Waals surface area contributed by atoms with Gasteiger partial charge in [0.25, 0.3) is 10.0 Å². The summed E-state index contributed by atoms with van der Waals surface area (Å²) in [6.07, 6.45) is -0.0753. The molecule has 0 unspecified atom stereocenters. The Morgan fingerprint density at radius 2 is 1.84 bits per heavy atom. The molecule has 0 saturated heterocycles. The third kappa shape index (κ3) is 4.52. The molecule has 2 aromatic carbocycles. The van der Waals surface area contributed by atoms with Crippen LogP contribution in [0.5, 0.6) is 0 Å². The fourth-order valence-electron chi connectivity index (χ4n) is 2.47. The maximum Gasteiger partial charge on any atom is 0.307 e. The number of nitrogens with zero attached hydrogens (tertiary/aromatic N) is 1. The number of benzene rings is 2. The lowest BCUT2D eigenvalue weighted by Gasteiger charge is -2.30. The normalized spacial score (nSPS) is 12.5. The van der Waals surface area contributed by atoms with E-state index in [4.69, 9.17) is 11.6 Å². The lowest BCUT2D eigenvalue weighted by atomic mass is 10.2. The summed E-state index contributed by atoms with van der Waals surface area (Å²) in [6.45, 7) is 3.54. The van der Waals surface area contributed by atoms with E-state index in [1.807, 2.05) is 6.92 Å². The Morgan fingerprint density at radius 1 is 1.20 bits per heavy atom. The number of halogens is 1. The van der Waals surface area contributed by atoms with E-state index >= 15 is 0 Å². The van der Waals surface area contributed by atoms with E-state index < -0.39 is 22.0 Å². The molecule has 0 aliphatic rings. The maximum absolute atomic E-state index is 13.2. The molecule has 0 amide bonds. The number of methoxy groups -OCH3 is 1. The Hall–Kier alpha value is -2.05. The van der Waals surface area contributed by atoms with Gasteiger partial charge in [0.05, 0.1) is 30.2 Å². The van der Waals surface area contributed by atoms with Crippen LogP contribution in [0.1, 0.15) is 18.9 Å². The highest BCUT2D eigenvalue weighted by molar-refractivity contribution is 7.92. The van der Waals surface area contributed by atoms with Crippen molar-refractivity contribution in [2.75, 3.05) is 11.4 Å². The van der Waals surface area contributed by atoms with Gasteiger partial charge in [-0.3, -0.25) is 9.10 Å². The zero-order valence-corrected chi connectivity index (χ0v) is 15.8. The minimum atomic E-state index is -3.87. The number of sulfonamides is 1. The Balaban J connectivity index is 2.53. The van der Waals surface area contributed by atoms with Crippen molar-refractivity contribution in [1.29, 1.82) is 0 Å². The fourth-order valence-corrected chi connectivity index (χ4v) is 4.31. The predicted octanol–water partition coefficient (Wildman–Crippen LogP) is 3.80. The fraction of sp³-hybridized carbons (Fsp3) is 0.278. The van der Waals surface area contributed by atoms with Crippen LogP contribution in [0.25, 0.3) is 0 Å². The van der Waals surface area contributed by atoms with Crippen molar-refractivity contribution in [2.24, 2.45) is 0 Å². The first-order valence-electron chi connectivity index (χ1n) is 7.69. The van der Waals surface area contributed by atoms with Gasteiger partial charge in [-0.25, -0.2) is 8.42 Å². The summed E-state index contributed by atoms with van der Waals surface area (Å²) in [7, 11) is -2.60. The van der Waals surface area contributed by atoms with E-state index in [1.165, 1.54) is 11.4 Å². The van der Waals surface area contributed by atoms with Crippen LogP contribution < -0.4 is 4.31 Å². The largest absolute Gasteiger partial charge is 0.469 e. The highest BCUT2D eigenvalue weighted by Crippen LogP contribution is 2.29. The zero-order chi connectivity index (χ0) is 18.6. The van der Waals surface area contributed by atoms with E-state index in [-0.39, 0.29) is 11.3 Å². The van der Waals surface area contributed by atoms with Crippen molar-refractivity contribution >= 4 is 33.3 Å². The molecule has 0 aromatic heterocycles. The van der Waals surface area contributed by atoms with E-state index in [1.54, 1.807) is 55.5 Å². The average Bonchev–Trinajstić information content (AvgIpc) is 2.55. The van der Waals surface area contributed by atoms with E-state index in [0.717, 1.165) is 5.56 Å². The SMILES string of the molecule is COC(=O)C[C@@H](C)N(c1cccc(Cl)c1)S(=O)(=O)c1ccc(C)cc1. The van der Waals surface area contributed by atoms with Crippen LogP contribution in [-0.4, -0.2) is 27.5 Å². The first-order valence-corrected chi connectivity index (χ1v) is 9.51. The molecular weight excluding hydrogens is 362 g/mol. The van der Waals surface area contributed by atoms with Gasteiger partial charge in [-0.2, -0.15) is 0 Å². The van der Waals surface area contributed by atoms with Crippen molar-refractivity contribution in [1.82, 2.24) is 0 Å². The smallest absolute Gasteiger partial charge is 0.307 e. The molecule has 0 N–H and O–H groups in total. The zero-order valence-electron chi connectivity index (χ0n) is 14.3. The quantitative estimate of drug-likeness (QED) is 0.714. The topological polar surface area (TPSA) is 63.7 Å². The number of aryl methyl sites for hydroxylation is 1. The van der Waals surface area contributed by atoms with Gasteiger partial charge in [-0.1, -0.05) is 35.4 Å². The third-order valence-electron chi connectivity index (χ3n) is 3.73. The summed E-state index contributed by atoms with van der Waals surface area (Å²) < 4.78 is 32.3. The van der Waals surface area contributed by atoms with E-state index in [9.17, 15) is 13.2 Å². The summed E-state index contributed by atoms with van der Waals surface area (Å²) in [5, 5.41) is 0.409. The first kappa shape index (κ1) is 19.3. The van der Waals surface area contributed by atoms with Gasteiger partial charge < -0.3 is 4.74 Å². The van der Waals surface area contributed by atoms with Crippen LogP contribution in [0.3, 0.4) is 0 Å². The third-order valence-corrected chi connectivity index (χ3v) is 5.92. The number of rotatable bonds is 6. The molecule has 25 heavy (non-hydrogen) atoms. The van der Waals surface area contributed by atoms with Crippen molar-refractivity contribution in [3.05, 3.63) is 59.1 Å². The van der Waals surface area contributed by atoms with Gasteiger partial charge in [0.2, 0.25) is 0 Å². The summed E-state index contributed by atoms with van der Waals surface area (Å²) >= 11 is 6.03. The molecule has 0 bridgehead atoms. The van der Waals surface area contributed by atoms with Gasteiger partial charge in [-0.15, -0.1) is 0 Å². The van der Waals surface area contributed by atoms with Crippen molar-refractivity contribution in [3.8, 4) is 0 Å². The summed E-state index contributed by atoms with van der Waals surface area (Å²) in [5.74, 6) is -0.487. The average molecular weight is 382 g/mol. The molecule has 7 heteroatoms. The minimum absolute atomic E-state index is 0.0753. The van der Waals surface area contributed by atoms with Gasteiger partial charge in [-0.05, 0) is 44.2 Å². The lowest BCUT2D eigenvalue weighted by molar-refractivity contribution is -0.140. The highest BCUT2D eigenvalue weighted by atomic mass is 35.5. The second kappa shape index (κ2) is 7.89. The Morgan fingerprint density at radius 3 is 2.40 bits per heavy atom. The molecular formula is C18H20ClNO4S. The Kier molecular flexibility index (Phi) is 6.08. The molecule has 1 atom stereocenters. The molecule has 0 saturated carbocycles. The van der Waals surface area contributed by atoms with Gasteiger partial charge in [0.15, 0.2) is 0 Å². The summed E-state index contributed by atoms with van der Waals surface area (Å²) in [5.41, 5.74) is 1.35. The number of esters is 1. The predicted molar refractivity (Wildman–Crippen MR) is 98.4 cm³/mol. The van der Waals surface area contributed by atoms with Crippen molar-refractivity contribution in [2.45, 2.75) is 31.2 Å². The molecule has 5 nitrogen and oxygen atoms in total. The monoisotopic (exact) mass is 381 g/mol. The Labute approximate surface area is 153 Å². The van der Waals surface area contributed by atoms with Crippen molar-refractivity contribution < 1.29 is 17.9 Å². The number of carbonyl (C=O) groups is 1. The molecule has 0 aliphatic heterocycles. The number of anilines is 1. The standard InChI is InChI=1S/C18H20ClNO4S/c1-13-7-9-17(10-8-13)25(22,23)20(14(2)11-18(21)24-3)16-6-4-5-15(19)12-16/h4-10,12,14H,11H2,1-3H3/t14-/m1/s1. The molecule has 0 aliphatic carbocycles. The molecule has 0 fully saturated rings. The Bertz CT molecular complexity index is 850. The number of hydrogen-bond acceptors (Lipinski definition) is 4. The highest BCUT2D eigenvalue weighted by Gasteiger charge is 2.31. The molecule has 0 spiro atoms. The maximum atomic E-state index is 13.2. The van der Waals surface area contributed by atoms with Crippen LogP contribution in [0.15, 0.2) is 53.4 Å². The first-order chi connectivity index (χ1) is 11.8. The van der Waals surface area contributed by atoms with Crippen molar-refractivity contribution in [3.63, 3.8) is 0 Å². The van der Waals surface area contributed by atoms with Crippen LogP contribution in [-0.2, 0) is 19.6 Å². The van der Waals surface area contributed by atoms with Crippen LogP contribution in [0.2, 0.25) is 5.02 Å². The summed E-state index contributed by atoms with van der Waals surface area (Å²) in [4.78, 5) is 11.8. The van der Waals surface area contributed by atoms with Gasteiger partial charge in [0, 0.05) is 5.02 Å². The van der Waals surface area contributed by atoms with Crippen LogP contribution in [0.4, 0.5) is 5.69 Å². The van der Waals surface area contributed by atoms with E-state index in [2.05, 4.69) is 4.74 Å². The lowest BCUT2D eigenvalue weighted by Crippen LogP contribution is -2.40. The molecule has 134 valence electrons. The van der Waals surface area contributed by atoms with Crippen LogP contribution in [0, 0.1) is 6.92 Å². The van der Waals surface area contributed by atoms with Crippen LogP contribution >= 0.6 is 11.6 Å². The summed E-state index contributed by atoms with van der Waals surface area (Å²) in [6, 6.07) is 12.4. The number of carbonyl (C=O) groups excluding carboxylic acids is 1. The number of hydrogen-bond donors (Lipinski definition) is 0. The molecule has 2 rings (SSSR count). The second-order valence-corrected chi connectivity index (χ2v) is 7.97. The molecule has 2 aromatic rings. The van der Waals surface area contributed by atoms with Gasteiger partial charge >= 0.3 is 5.97 Å². The van der Waals surface area contributed by atoms with Gasteiger partial charge in [0.1, 0.15) is 0 Å². The molecule has 0 radical (unpaired) electrons. The number of ether oxygens (including phenoxy) is 1. The molecule has 0 heterocycles.